The van der Waals surface area contributed by atoms with E-state index in [0.29, 0.717) is 42.3 Å². The maximum atomic E-state index is 13.6. The summed E-state index contributed by atoms with van der Waals surface area (Å²) in [6, 6.07) is 23.8. The van der Waals surface area contributed by atoms with Gasteiger partial charge in [-0.1, -0.05) is 54.6 Å². The third-order valence-electron chi connectivity index (χ3n) is 6.19. The van der Waals surface area contributed by atoms with Crippen molar-refractivity contribution < 1.29 is 17.9 Å². The van der Waals surface area contributed by atoms with Crippen LogP contribution < -0.4 is 4.74 Å². The van der Waals surface area contributed by atoms with E-state index in [2.05, 4.69) is 0 Å². The van der Waals surface area contributed by atoms with Crippen molar-refractivity contribution in [2.45, 2.75) is 28.9 Å². The van der Waals surface area contributed by atoms with Gasteiger partial charge in [-0.15, -0.1) is 0 Å². The normalized spacial score (nSPS) is 16.8. The standard InChI is InChI=1S/C25H23NO4S/c27-25(24-20-10-4-6-12-22(20)30-23-13-7-5-11-21(23)24)26-16-14-19(15-17-26)31(28,29)18-8-2-1-3-9-18/h1-13,19,24H,14-17H2. The molecule has 2 aliphatic rings. The molecule has 1 saturated heterocycles. The van der Waals surface area contributed by atoms with Crippen LogP contribution in [0.4, 0.5) is 0 Å². The minimum Gasteiger partial charge on any atom is -0.457 e. The van der Waals surface area contributed by atoms with Gasteiger partial charge in [0.05, 0.1) is 16.1 Å². The highest BCUT2D eigenvalue weighted by Gasteiger charge is 2.38. The van der Waals surface area contributed by atoms with Crippen LogP contribution >= 0.6 is 0 Å². The van der Waals surface area contributed by atoms with E-state index in [9.17, 15) is 13.2 Å². The summed E-state index contributed by atoms with van der Waals surface area (Å²) in [5.74, 6) is 0.948. The van der Waals surface area contributed by atoms with E-state index in [1.807, 2.05) is 54.6 Å². The zero-order valence-corrected chi connectivity index (χ0v) is 17.8. The number of fused-ring (bicyclic) bond motifs is 2. The number of hydrogen-bond donors (Lipinski definition) is 0. The van der Waals surface area contributed by atoms with Gasteiger partial charge in [-0.25, -0.2) is 8.42 Å². The second kappa shape index (κ2) is 7.85. The highest BCUT2D eigenvalue weighted by atomic mass is 32.2. The van der Waals surface area contributed by atoms with Crippen LogP contribution in [0.25, 0.3) is 0 Å². The summed E-state index contributed by atoms with van der Waals surface area (Å²) < 4.78 is 32.0. The molecule has 6 heteroatoms. The third kappa shape index (κ3) is 3.51. The first-order valence-electron chi connectivity index (χ1n) is 10.5. The van der Waals surface area contributed by atoms with Gasteiger partial charge in [-0.3, -0.25) is 4.79 Å². The van der Waals surface area contributed by atoms with Crippen molar-refractivity contribution in [2.24, 2.45) is 0 Å². The van der Waals surface area contributed by atoms with Crippen molar-refractivity contribution in [3.8, 4) is 11.5 Å². The van der Waals surface area contributed by atoms with E-state index in [0.717, 1.165) is 11.1 Å². The first kappa shape index (κ1) is 19.8. The summed E-state index contributed by atoms with van der Waals surface area (Å²) in [5.41, 5.74) is 1.70. The lowest BCUT2D eigenvalue weighted by Gasteiger charge is -2.36. The van der Waals surface area contributed by atoms with Gasteiger partial charge >= 0.3 is 0 Å². The molecule has 1 amide bonds. The molecule has 0 aliphatic carbocycles. The molecule has 1 fully saturated rings. The van der Waals surface area contributed by atoms with Crippen LogP contribution in [0, 0.1) is 0 Å². The lowest BCUT2D eigenvalue weighted by Crippen LogP contribution is -2.44. The van der Waals surface area contributed by atoms with Gasteiger partial charge in [0.15, 0.2) is 9.84 Å². The number of carbonyl (C=O) groups is 1. The topological polar surface area (TPSA) is 63.7 Å². The Balaban J connectivity index is 1.38. The first-order chi connectivity index (χ1) is 15.1. The molecule has 0 aromatic heterocycles. The lowest BCUT2D eigenvalue weighted by atomic mass is 9.86. The largest absolute Gasteiger partial charge is 0.457 e. The number of carbonyl (C=O) groups excluding carboxylic acids is 1. The number of likely N-dealkylation sites (tertiary alicyclic amines) is 1. The Morgan fingerprint density at radius 1 is 0.774 bits per heavy atom. The molecule has 0 saturated carbocycles. The second-order valence-corrected chi connectivity index (χ2v) is 10.2. The highest BCUT2D eigenvalue weighted by Crippen LogP contribution is 2.45. The number of amides is 1. The minimum atomic E-state index is -3.39. The number of nitrogens with zero attached hydrogens (tertiary/aromatic N) is 1. The van der Waals surface area contributed by atoms with Crippen molar-refractivity contribution in [3.63, 3.8) is 0 Å². The molecule has 0 unspecified atom stereocenters. The zero-order chi connectivity index (χ0) is 21.4. The molecule has 0 radical (unpaired) electrons. The first-order valence-corrected chi connectivity index (χ1v) is 12.0. The number of piperidine rings is 1. The monoisotopic (exact) mass is 433 g/mol. The number of para-hydroxylation sites is 2. The fraction of sp³-hybridized carbons (Fsp3) is 0.240. The average Bonchev–Trinajstić information content (AvgIpc) is 2.82. The molecule has 0 atom stereocenters. The Bertz CT molecular complexity index is 1170. The van der Waals surface area contributed by atoms with Crippen molar-refractivity contribution >= 4 is 15.7 Å². The molecule has 158 valence electrons. The number of hydrogen-bond acceptors (Lipinski definition) is 4. The zero-order valence-electron chi connectivity index (χ0n) is 17.0. The van der Waals surface area contributed by atoms with Gasteiger partial charge in [-0.2, -0.15) is 0 Å². The van der Waals surface area contributed by atoms with Gasteiger partial charge in [0.25, 0.3) is 0 Å². The minimum absolute atomic E-state index is 0.00115. The summed E-state index contributed by atoms with van der Waals surface area (Å²) >= 11 is 0. The van der Waals surface area contributed by atoms with Crippen LogP contribution in [0.1, 0.15) is 29.9 Å². The van der Waals surface area contributed by atoms with Gasteiger partial charge in [0, 0.05) is 24.2 Å². The highest BCUT2D eigenvalue weighted by molar-refractivity contribution is 7.92. The van der Waals surface area contributed by atoms with Crippen LogP contribution in [0.2, 0.25) is 0 Å². The second-order valence-electron chi connectivity index (χ2n) is 7.99. The van der Waals surface area contributed by atoms with E-state index in [-0.39, 0.29) is 5.91 Å². The summed E-state index contributed by atoms with van der Waals surface area (Å²) in [6.07, 6.45) is 0.880. The molecule has 0 N–H and O–H groups in total. The fourth-order valence-electron chi connectivity index (χ4n) is 4.55. The molecular weight excluding hydrogens is 410 g/mol. The Morgan fingerprint density at radius 2 is 1.29 bits per heavy atom. The number of benzene rings is 3. The molecular formula is C25H23NO4S. The van der Waals surface area contributed by atoms with Gasteiger partial charge in [-0.05, 0) is 37.1 Å². The average molecular weight is 434 g/mol. The molecule has 0 bridgehead atoms. The summed E-state index contributed by atoms with van der Waals surface area (Å²) in [6.45, 7) is 0.856. The Morgan fingerprint density at radius 3 is 1.87 bits per heavy atom. The summed E-state index contributed by atoms with van der Waals surface area (Å²) in [5, 5.41) is -0.465. The van der Waals surface area contributed by atoms with Crippen LogP contribution in [-0.4, -0.2) is 37.6 Å². The lowest BCUT2D eigenvalue weighted by molar-refractivity contribution is -0.132. The van der Waals surface area contributed by atoms with Crippen LogP contribution in [-0.2, 0) is 14.6 Å². The molecule has 31 heavy (non-hydrogen) atoms. The molecule has 5 rings (SSSR count). The van der Waals surface area contributed by atoms with E-state index in [1.54, 1.807) is 29.2 Å². The summed E-state index contributed by atoms with van der Waals surface area (Å²) in [4.78, 5) is 15.8. The number of ether oxygens (including phenoxy) is 1. The predicted molar refractivity (Wildman–Crippen MR) is 118 cm³/mol. The SMILES string of the molecule is O=C(C1c2ccccc2Oc2ccccc21)N1CCC(S(=O)(=O)c2ccccc2)CC1. The fourth-order valence-corrected chi connectivity index (χ4v) is 6.30. The molecule has 2 heterocycles. The van der Waals surface area contributed by atoms with Crippen molar-refractivity contribution in [3.05, 3.63) is 90.0 Å². The van der Waals surface area contributed by atoms with E-state index in [4.69, 9.17) is 4.74 Å². The van der Waals surface area contributed by atoms with Crippen LogP contribution in [0.3, 0.4) is 0 Å². The van der Waals surface area contributed by atoms with Gasteiger partial charge < -0.3 is 9.64 Å². The quantitative estimate of drug-likeness (QED) is 0.615. The molecule has 5 nitrogen and oxygen atoms in total. The summed E-state index contributed by atoms with van der Waals surface area (Å²) in [7, 11) is -3.39. The Hall–Kier alpha value is -3.12. The van der Waals surface area contributed by atoms with E-state index in [1.165, 1.54) is 0 Å². The predicted octanol–water partition coefficient (Wildman–Crippen LogP) is 4.39. The van der Waals surface area contributed by atoms with Gasteiger partial charge in [0.2, 0.25) is 5.91 Å². The van der Waals surface area contributed by atoms with E-state index >= 15 is 0 Å². The molecule has 3 aromatic carbocycles. The maximum Gasteiger partial charge on any atom is 0.234 e. The van der Waals surface area contributed by atoms with Crippen LogP contribution in [0.15, 0.2) is 83.8 Å². The smallest absolute Gasteiger partial charge is 0.234 e. The molecule has 2 aliphatic heterocycles. The third-order valence-corrected chi connectivity index (χ3v) is 8.47. The number of rotatable bonds is 3. The Kier molecular flexibility index (Phi) is 5.02. The van der Waals surface area contributed by atoms with E-state index < -0.39 is 21.0 Å². The van der Waals surface area contributed by atoms with Crippen molar-refractivity contribution in [1.29, 1.82) is 0 Å². The van der Waals surface area contributed by atoms with Gasteiger partial charge in [0.1, 0.15) is 11.5 Å². The van der Waals surface area contributed by atoms with Crippen LogP contribution in [0.5, 0.6) is 11.5 Å². The maximum absolute atomic E-state index is 13.6. The number of sulfone groups is 1. The van der Waals surface area contributed by atoms with Crippen molar-refractivity contribution in [1.82, 2.24) is 4.90 Å². The van der Waals surface area contributed by atoms with Crippen molar-refractivity contribution in [2.75, 3.05) is 13.1 Å². The molecule has 3 aromatic rings. The Labute approximate surface area is 182 Å². The molecule has 0 spiro atoms.